The highest BCUT2D eigenvalue weighted by atomic mass is 32.2. The van der Waals surface area contributed by atoms with Gasteiger partial charge in [0.2, 0.25) is 10.0 Å². The molecule has 1 aliphatic rings. The number of nitrogens with one attached hydrogen (secondary N) is 1. The Morgan fingerprint density at radius 1 is 1.26 bits per heavy atom. The van der Waals surface area contributed by atoms with Gasteiger partial charge in [-0.05, 0) is 51.0 Å². The molecule has 2 rings (SSSR count). The topological polar surface area (TPSA) is 49.4 Å². The zero-order valence-corrected chi connectivity index (χ0v) is 12.4. The van der Waals surface area contributed by atoms with Crippen LogP contribution in [0.1, 0.15) is 33.1 Å². The fourth-order valence-electron chi connectivity index (χ4n) is 2.51. The quantitative estimate of drug-likeness (QED) is 0.923. The van der Waals surface area contributed by atoms with Crippen LogP contribution in [-0.2, 0) is 10.0 Å². The zero-order valence-electron chi connectivity index (χ0n) is 11.6. The molecule has 19 heavy (non-hydrogen) atoms. The minimum absolute atomic E-state index is 0.104. The van der Waals surface area contributed by atoms with Gasteiger partial charge in [-0.25, -0.2) is 8.42 Å². The molecule has 106 valence electrons. The third-order valence-electron chi connectivity index (χ3n) is 3.58. The highest BCUT2D eigenvalue weighted by molar-refractivity contribution is 7.89. The molecule has 0 bridgehead atoms. The number of sulfonamides is 1. The van der Waals surface area contributed by atoms with Gasteiger partial charge >= 0.3 is 0 Å². The van der Waals surface area contributed by atoms with Crippen molar-refractivity contribution < 1.29 is 8.42 Å². The molecule has 1 aliphatic heterocycles. The third-order valence-corrected chi connectivity index (χ3v) is 5.61. The SMILES string of the molecule is CCNc1ccc(S(=O)(=O)N2CCCCC2C)cc1. The van der Waals surface area contributed by atoms with Crippen LogP contribution >= 0.6 is 0 Å². The Morgan fingerprint density at radius 3 is 2.53 bits per heavy atom. The van der Waals surface area contributed by atoms with Gasteiger partial charge in [0.15, 0.2) is 0 Å². The van der Waals surface area contributed by atoms with Gasteiger partial charge < -0.3 is 5.32 Å². The van der Waals surface area contributed by atoms with E-state index in [0.29, 0.717) is 11.4 Å². The Balaban J connectivity index is 2.23. The van der Waals surface area contributed by atoms with Gasteiger partial charge in [0.05, 0.1) is 4.90 Å². The predicted octanol–water partition coefficient (Wildman–Crippen LogP) is 2.68. The van der Waals surface area contributed by atoms with Gasteiger partial charge in [0.1, 0.15) is 0 Å². The smallest absolute Gasteiger partial charge is 0.243 e. The Bertz CT molecular complexity index is 511. The van der Waals surface area contributed by atoms with Crippen molar-refractivity contribution >= 4 is 15.7 Å². The molecular formula is C14H22N2O2S. The highest BCUT2D eigenvalue weighted by Crippen LogP contribution is 2.25. The van der Waals surface area contributed by atoms with Crippen molar-refractivity contribution in [3.63, 3.8) is 0 Å². The lowest BCUT2D eigenvalue weighted by atomic mass is 10.1. The molecule has 1 saturated heterocycles. The Hall–Kier alpha value is -1.07. The number of hydrogen-bond donors (Lipinski definition) is 1. The van der Waals surface area contributed by atoms with Crippen molar-refractivity contribution in [3.05, 3.63) is 24.3 Å². The Morgan fingerprint density at radius 2 is 1.95 bits per heavy atom. The van der Waals surface area contributed by atoms with Gasteiger partial charge in [-0.2, -0.15) is 4.31 Å². The van der Waals surface area contributed by atoms with Crippen LogP contribution in [0.5, 0.6) is 0 Å². The number of piperidine rings is 1. The van der Waals surface area contributed by atoms with Crippen LogP contribution in [0.25, 0.3) is 0 Å². The molecule has 0 saturated carbocycles. The van der Waals surface area contributed by atoms with E-state index >= 15 is 0 Å². The van der Waals surface area contributed by atoms with Crippen LogP contribution < -0.4 is 5.32 Å². The molecule has 1 aromatic carbocycles. The first-order valence-electron chi connectivity index (χ1n) is 6.91. The van der Waals surface area contributed by atoms with Gasteiger partial charge in [0, 0.05) is 24.8 Å². The molecule has 1 atom stereocenters. The molecule has 0 aliphatic carbocycles. The van der Waals surface area contributed by atoms with Gasteiger partial charge in [-0.15, -0.1) is 0 Å². The summed E-state index contributed by atoms with van der Waals surface area (Å²) in [7, 11) is -3.34. The number of nitrogens with zero attached hydrogens (tertiary/aromatic N) is 1. The van der Waals surface area contributed by atoms with E-state index in [2.05, 4.69) is 5.32 Å². The molecule has 1 unspecified atom stereocenters. The van der Waals surface area contributed by atoms with E-state index in [-0.39, 0.29) is 6.04 Å². The summed E-state index contributed by atoms with van der Waals surface area (Å²) >= 11 is 0. The summed E-state index contributed by atoms with van der Waals surface area (Å²) in [6.45, 7) is 5.47. The van der Waals surface area contributed by atoms with E-state index in [4.69, 9.17) is 0 Å². The Kier molecular flexibility index (Phi) is 4.47. The predicted molar refractivity (Wildman–Crippen MR) is 77.8 cm³/mol. The molecule has 4 nitrogen and oxygen atoms in total. The minimum atomic E-state index is -3.34. The van der Waals surface area contributed by atoms with Crippen LogP contribution in [0, 0.1) is 0 Å². The molecule has 0 spiro atoms. The number of rotatable bonds is 4. The van der Waals surface area contributed by atoms with Crippen molar-refractivity contribution in [3.8, 4) is 0 Å². The fraction of sp³-hybridized carbons (Fsp3) is 0.571. The van der Waals surface area contributed by atoms with Crippen LogP contribution in [0.15, 0.2) is 29.2 Å². The summed E-state index contributed by atoms with van der Waals surface area (Å²) in [6.07, 6.45) is 3.03. The van der Waals surface area contributed by atoms with E-state index in [1.54, 1.807) is 16.4 Å². The minimum Gasteiger partial charge on any atom is -0.385 e. The lowest BCUT2D eigenvalue weighted by molar-refractivity contribution is 0.268. The maximum absolute atomic E-state index is 12.6. The van der Waals surface area contributed by atoms with E-state index in [1.807, 2.05) is 26.0 Å². The molecule has 1 aromatic rings. The Labute approximate surface area is 115 Å². The molecular weight excluding hydrogens is 260 g/mol. The second-order valence-electron chi connectivity index (χ2n) is 5.02. The number of hydrogen-bond acceptors (Lipinski definition) is 3. The zero-order chi connectivity index (χ0) is 13.9. The molecule has 0 amide bonds. The first-order chi connectivity index (χ1) is 9.05. The second-order valence-corrected chi connectivity index (χ2v) is 6.91. The van der Waals surface area contributed by atoms with Crippen LogP contribution in [0.3, 0.4) is 0 Å². The van der Waals surface area contributed by atoms with Crippen LogP contribution in [0.4, 0.5) is 5.69 Å². The average molecular weight is 282 g/mol. The summed E-state index contributed by atoms with van der Waals surface area (Å²) < 4.78 is 26.8. The van der Waals surface area contributed by atoms with E-state index < -0.39 is 10.0 Å². The highest BCUT2D eigenvalue weighted by Gasteiger charge is 2.30. The lowest BCUT2D eigenvalue weighted by Crippen LogP contribution is -2.41. The van der Waals surface area contributed by atoms with Gasteiger partial charge in [-0.3, -0.25) is 0 Å². The second kappa shape index (κ2) is 5.92. The summed E-state index contributed by atoms with van der Waals surface area (Å²) in [5.74, 6) is 0. The van der Waals surface area contributed by atoms with Crippen molar-refractivity contribution in [1.82, 2.24) is 4.31 Å². The van der Waals surface area contributed by atoms with Crippen LogP contribution in [-0.4, -0.2) is 31.9 Å². The molecule has 0 aromatic heterocycles. The molecule has 0 radical (unpaired) electrons. The third kappa shape index (κ3) is 3.09. The normalized spacial score (nSPS) is 21.3. The molecule has 1 N–H and O–H groups in total. The summed E-state index contributed by atoms with van der Waals surface area (Å²) in [5.41, 5.74) is 0.952. The first kappa shape index (κ1) is 14.3. The summed E-state index contributed by atoms with van der Waals surface area (Å²) in [4.78, 5) is 0.392. The lowest BCUT2D eigenvalue weighted by Gasteiger charge is -2.32. The van der Waals surface area contributed by atoms with E-state index in [9.17, 15) is 8.42 Å². The standard InChI is InChI=1S/C14H22N2O2S/c1-3-15-13-7-9-14(10-8-13)19(17,18)16-11-5-4-6-12(16)2/h7-10,12,15H,3-6,11H2,1-2H3. The van der Waals surface area contributed by atoms with E-state index in [0.717, 1.165) is 31.5 Å². The number of anilines is 1. The monoisotopic (exact) mass is 282 g/mol. The maximum Gasteiger partial charge on any atom is 0.243 e. The van der Waals surface area contributed by atoms with Crippen molar-refractivity contribution in [2.75, 3.05) is 18.4 Å². The van der Waals surface area contributed by atoms with Gasteiger partial charge in [-0.1, -0.05) is 6.42 Å². The maximum atomic E-state index is 12.6. The fourth-order valence-corrected chi connectivity index (χ4v) is 4.21. The van der Waals surface area contributed by atoms with Gasteiger partial charge in [0.25, 0.3) is 0 Å². The summed E-state index contributed by atoms with van der Waals surface area (Å²) in [6, 6.07) is 7.13. The number of benzene rings is 1. The van der Waals surface area contributed by atoms with Crippen molar-refractivity contribution in [2.45, 2.75) is 44.0 Å². The molecule has 1 fully saturated rings. The van der Waals surface area contributed by atoms with Crippen molar-refractivity contribution in [1.29, 1.82) is 0 Å². The molecule has 5 heteroatoms. The summed E-state index contributed by atoms with van der Waals surface area (Å²) in [5, 5.41) is 3.17. The average Bonchev–Trinajstić information content (AvgIpc) is 2.40. The van der Waals surface area contributed by atoms with E-state index in [1.165, 1.54) is 0 Å². The molecule has 1 heterocycles. The van der Waals surface area contributed by atoms with Crippen molar-refractivity contribution in [2.24, 2.45) is 0 Å². The van der Waals surface area contributed by atoms with Crippen LogP contribution in [0.2, 0.25) is 0 Å². The largest absolute Gasteiger partial charge is 0.385 e. The first-order valence-corrected chi connectivity index (χ1v) is 8.35.